The van der Waals surface area contributed by atoms with Gasteiger partial charge in [0, 0.05) is 17.1 Å². The summed E-state index contributed by atoms with van der Waals surface area (Å²) in [6.45, 7) is 7.62. The van der Waals surface area contributed by atoms with E-state index in [9.17, 15) is 4.79 Å². The quantitative estimate of drug-likeness (QED) is 0.464. The number of fused-ring (bicyclic) bond motifs is 1. The minimum Gasteiger partial charge on any atom is -0.376 e. The summed E-state index contributed by atoms with van der Waals surface area (Å²) in [4.78, 5) is 21.3. The molecule has 1 aliphatic rings. The Hall–Kier alpha value is -1.89. The summed E-state index contributed by atoms with van der Waals surface area (Å²) >= 11 is 3.34. The molecule has 29 heavy (non-hydrogen) atoms. The molecule has 2 aromatic carbocycles. The minimum atomic E-state index is -0.00696. The van der Waals surface area contributed by atoms with E-state index in [1.165, 1.54) is 11.1 Å². The molecule has 1 amide bonds. The third-order valence-corrected chi connectivity index (χ3v) is 7.19. The summed E-state index contributed by atoms with van der Waals surface area (Å²) in [5, 5.41) is 0.753. The van der Waals surface area contributed by atoms with E-state index in [0.717, 1.165) is 45.4 Å². The first-order valence-electron chi connectivity index (χ1n) is 10.1. The molecule has 6 heteroatoms. The molecule has 0 radical (unpaired) electrons. The Balaban J connectivity index is 1.72. The zero-order valence-electron chi connectivity index (χ0n) is 17.1. The van der Waals surface area contributed by atoms with Crippen LogP contribution < -0.4 is 4.90 Å². The highest BCUT2D eigenvalue weighted by Crippen LogP contribution is 2.34. The molecule has 4 nitrogen and oxygen atoms in total. The Morgan fingerprint density at radius 3 is 2.93 bits per heavy atom. The molecule has 1 fully saturated rings. The average molecular weight is 427 g/mol. The fourth-order valence-electron chi connectivity index (χ4n) is 3.76. The fourth-order valence-corrected chi connectivity index (χ4v) is 5.50. The van der Waals surface area contributed by atoms with Crippen molar-refractivity contribution >= 4 is 44.4 Å². The van der Waals surface area contributed by atoms with E-state index in [1.54, 1.807) is 23.1 Å². The lowest BCUT2D eigenvalue weighted by Crippen LogP contribution is -2.37. The largest absolute Gasteiger partial charge is 0.376 e. The van der Waals surface area contributed by atoms with E-state index in [4.69, 9.17) is 9.72 Å². The number of carbonyl (C=O) groups excluding carboxylic acids is 1. The summed E-state index contributed by atoms with van der Waals surface area (Å²) in [6, 6.07) is 12.2. The summed E-state index contributed by atoms with van der Waals surface area (Å²) in [7, 11) is 0. The molecule has 4 rings (SSSR count). The van der Waals surface area contributed by atoms with Gasteiger partial charge in [-0.3, -0.25) is 9.69 Å². The molecular weight excluding hydrogens is 400 g/mol. The van der Waals surface area contributed by atoms with Gasteiger partial charge < -0.3 is 4.74 Å². The number of aromatic nitrogens is 1. The van der Waals surface area contributed by atoms with Gasteiger partial charge in [0.25, 0.3) is 5.91 Å². The normalized spacial score (nSPS) is 16.4. The Kier molecular flexibility index (Phi) is 6.23. The molecule has 0 aliphatic carbocycles. The Bertz CT molecular complexity index is 1020. The maximum atomic E-state index is 13.5. The second kappa shape index (κ2) is 8.86. The third kappa shape index (κ3) is 4.49. The first-order chi connectivity index (χ1) is 14.0. The highest BCUT2D eigenvalue weighted by molar-refractivity contribution is 7.99. The number of carbonyl (C=O) groups is 1. The highest BCUT2D eigenvalue weighted by atomic mass is 32.2. The standard InChI is InChI=1S/C23H26N2O2S2/c1-4-28-19-9-5-7-17(13-19)22(26)25(14-18-8-6-10-27-18)23-24-20-12-15(2)11-16(3)21(20)29-23/h5,7,9,11-13,18H,4,6,8,10,14H2,1-3H3. The maximum absolute atomic E-state index is 13.5. The molecule has 0 saturated carbocycles. The van der Waals surface area contributed by atoms with Crippen molar-refractivity contribution in [2.75, 3.05) is 23.8 Å². The van der Waals surface area contributed by atoms with E-state index < -0.39 is 0 Å². The molecule has 1 aliphatic heterocycles. The number of benzene rings is 2. The molecule has 0 bridgehead atoms. The highest BCUT2D eigenvalue weighted by Gasteiger charge is 2.27. The second-order valence-electron chi connectivity index (χ2n) is 7.44. The van der Waals surface area contributed by atoms with Gasteiger partial charge >= 0.3 is 0 Å². The average Bonchev–Trinajstić information content (AvgIpc) is 3.35. The molecule has 0 spiro atoms. The van der Waals surface area contributed by atoms with E-state index in [-0.39, 0.29) is 12.0 Å². The van der Waals surface area contributed by atoms with Gasteiger partial charge in [0.1, 0.15) is 0 Å². The van der Waals surface area contributed by atoms with Crippen molar-refractivity contribution in [3.05, 3.63) is 53.1 Å². The van der Waals surface area contributed by atoms with E-state index in [0.29, 0.717) is 12.1 Å². The van der Waals surface area contributed by atoms with Crippen LogP contribution in [0, 0.1) is 13.8 Å². The van der Waals surface area contributed by atoms with Crippen molar-refractivity contribution in [1.29, 1.82) is 0 Å². The topological polar surface area (TPSA) is 42.4 Å². The SMILES string of the molecule is CCSc1cccc(C(=O)N(CC2CCCO2)c2nc3cc(C)cc(C)c3s2)c1. The minimum absolute atomic E-state index is 0.00696. The molecule has 1 saturated heterocycles. The molecule has 0 N–H and O–H groups in total. The number of rotatable bonds is 6. The van der Waals surface area contributed by atoms with Crippen LogP contribution >= 0.6 is 23.1 Å². The Morgan fingerprint density at radius 2 is 2.17 bits per heavy atom. The van der Waals surface area contributed by atoms with Crippen LogP contribution in [0.3, 0.4) is 0 Å². The molecule has 1 unspecified atom stereocenters. The van der Waals surface area contributed by atoms with Crippen LogP contribution in [0.4, 0.5) is 5.13 Å². The monoisotopic (exact) mass is 426 g/mol. The lowest BCUT2D eigenvalue weighted by Gasteiger charge is -2.23. The Morgan fingerprint density at radius 1 is 1.31 bits per heavy atom. The van der Waals surface area contributed by atoms with E-state index >= 15 is 0 Å². The van der Waals surface area contributed by atoms with Gasteiger partial charge in [-0.2, -0.15) is 0 Å². The molecular formula is C23H26N2O2S2. The molecule has 1 atom stereocenters. The number of anilines is 1. The summed E-state index contributed by atoms with van der Waals surface area (Å²) in [6.07, 6.45) is 2.11. The summed E-state index contributed by atoms with van der Waals surface area (Å²) < 4.78 is 6.99. The van der Waals surface area contributed by atoms with Crippen molar-refractivity contribution in [2.45, 2.75) is 44.6 Å². The molecule has 3 aromatic rings. The first-order valence-corrected chi connectivity index (χ1v) is 11.9. The van der Waals surface area contributed by atoms with Gasteiger partial charge in [0.05, 0.1) is 22.9 Å². The van der Waals surface area contributed by atoms with Crippen LogP contribution in [-0.2, 0) is 4.74 Å². The van der Waals surface area contributed by atoms with Crippen LogP contribution in [0.2, 0.25) is 0 Å². The van der Waals surface area contributed by atoms with Crippen molar-refractivity contribution in [1.82, 2.24) is 4.98 Å². The first kappa shape index (κ1) is 20.4. The number of amides is 1. The predicted molar refractivity (Wildman–Crippen MR) is 123 cm³/mol. The molecule has 152 valence electrons. The van der Waals surface area contributed by atoms with E-state index in [1.807, 2.05) is 23.1 Å². The smallest absolute Gasteiger partial charge is 0.260 e. The van der Waals surface area contributed by atoms with Gasteiger partial charge in [-0.05, 0) is 67.8 Å². The molecule has 1 aromatic heterocycles. The third-order valence-electron chi connectivity index (χ3n) is 5.09. The zero-order chi connectivity index (χ0) is 20.4. The lowest BCUT2D eigenvalue weighted by molar-refractivity contribution is 0.0917. The van der Waals surface area contributed by atoms with Crippen molar-refractivity contribution in [3.63, 3.8) is 0 Å². The number of nitrogens with zero attached hydrogens (tertiary/aromatic N) is 2. The van der Waals surface area contributed by atoms with Gasteiger partial charge in [0.15, 0.2) is 5.13 Å². The van der Waals surface area contributed by atoms with Crippen LogP contribution in [0.5, 0.6) is 0 Å². The van der Waals surface area contributed by atoms with Crippen molar-refractivity contribution < 1.29 is 9.53 Å². The molecule has 2 heterocycles. The lowest BCUT2D eigenvalue weighted by atomic mass is 10.1. The van der Waals surface area contributed by atoms with Crippen LogP contribution in [0.1, 0.15) is 41.3 Å². The van der Waals surface area contributed by atoms with Gasteiger partial charge in [-0.25, -0.2) is 4.98 Å². The number of thiazole rings is 1. The van der Waals surface area contributed by atoms with Crippen molar-refractivity contribution in [3.8, 4) is 0 Å². The summed E-state index contributed by atoms with van der Waals surface area (Å²) in [5.41, 5.74) is 4.05. The second-order valence-corrected chi connectivity index (χ2v) is 9.75. The van der Waals surface area contributed by atoms with Gasteiger partial charge in [-0.15, -0.1) is 11.8 Å². The maximum Gasteiger partial charge on any atom is 0.260 e. The van der Waals surface area contributed by atoms with E-state index in [2.05, 4.69) is 39.0 Å². The van der Waals surface area contributed by atoms with Gasteiger partial charge in [0.2, 0.25) is 0 Å². The number of ether oxygens (including phenoxy) is 1. The van der Waals surface area contributed by atoms with Crippen LogP contribution in [0.25, 0.3) is 10.2 Å². The van der Waals surface area contributed by atoms with Gasteiger partial charge in [-0.1, -0.05) is 30.4 Å². The number of hydrogen-bond donors (Lipinski definition) is 0. The predicted octanol–water partition coefficient (Wildman–Crippen LogP) is 5.85. The zero-order valence-corrected chi connectivity index (χ0v) is 18.7. The van der Waals surface area contributed by atoms with Crippen molar-refractivity contribution in [2.24, 2.45) is 0 Å². The summed E-state index contributed by atoms with van der Waals surface area (Å²) in [5.74, 6) is 0.973. The van der Waals surface area contributed by atoms with Crippen LogP contribution in [0.15, 0.2) is 41.3 Å². The number of aryl methyl sites for hydroxylation is 2. The van der Waals surface area contributed by atoms with Crippen LogP contribution in [-0.4, -0.2) is 35.9 Å². The number of thioether (sulfide) groups is 1. The Labute approximate surface area is 180 Å². The fraction of sp³-hybridized carbons (Fsp3) is 0.391. The number of hydrogen-bond acceptors (Lipinski definition) is 5.